The van der Waals surface area contributed by atoms with Gasteiger partial charge in [0, 0.05) is 31.9 Å². The highest BCUT2D eigenvalue weighted by Crippen LogP contribution is 2.32. The van der Waals surface area contributed by atoms with E-state index in [2.05, 4.69) is 20.4 Å². The second-order valence-electron chi connectivity index (χ2n) is 7.28. The van der Waals surface area contributed by atoms with Gasteiger partial charge in [-0.3, -0.25) is 0 Å². The van der Waals surface area contributed by atoms with E-state index in [1.54, 1.807) is 12.1 Å². The first-order valence-electron chi connectivity index (χ1n) is 9.67. The summed E-state index contributed by atoms with van der Waals surface area (Å²) in [5.41, 5.74) is 2.02. The molecule has 0 saturated carbocycles. The number of benzene rings is 2. The maximum atomic E-state index is 13.3. The number of nitrogens with zero attached hydrogens (tertiary/aromatic N) is 6. The third-order valence-corrected chi connectivity index (χ3v) is 5.30. The Kier molecular flexibility index (Phi) is 5.31. The number of anilines is 2. The summed E-state index contributed by atoms with van der Waals surface area (Å²) in [6.07, 6.45) is 2.49. The molecular weight excluding hydrogens is 383 g/mol. The molecule has 0 spiro atoms. The van der Waals surface area contributed by atoms with Gasteiger partial charge < -0.3 is 14.2 Å². The van der Waals surface area contributed by atoms with E-state index in [4.69, 9.17) is 4.74 Å². The summed E-state index contributed by atoms with van der Waals surface area (Å²) in [7, 11) is 3.97. The molecule has 0 saturated heterocycles. The Bertz CT molecular complexity index is 1080. The molecule has 0 amide bonds. The molecule has 7 nitrogen and oxygen atoms in total. The first-order valence-corrected chi connectivity index (χ1v) is 9.67. The maximum Gasteiger partial charge on any atom is 0.245 e. The topological polar surface area (TPSA) is 67.4 Å². The van der Waals surface area contributed by atoms with E-state index in [0.29, 0.717) is 18.9 Å². The highest BCUT2D eigenvalue weighted by atomic mass is 19.1. The Hall–Kier alpha value is -3.55. The van der Waals surface area contributed by atoms with Gasteiger partial charge in [0.2, 0.25) is 11.8 Å². The van der Waals surface area contributed by atoms with Gasteiger partial charge in [-0.15, -0.1) is 5.11 Å². The van der Waals surface area contributed by atoms with Gasteiger partial charge in [-0.2, -0.15) is 0 Å². The number of imidazole rings is 1. The molecule has 0 aliphatic carbocycles. The van der Waals surface area contributed by atoms with Crippen molar-refractivity contribution < 1.29 is 9.13 Å². The normalized spacial score (nSPS) is 17.8. The number of rotatable bonds is 6. The van der Waals surface area contributed by atoms with Crippen LogP contribution >= 0.6 is 0 Å². The minimum atomic E-state index is -0.848. The van der Waals surface area contributed by atoms with Crippen molar-refractivity contribution in [2.24, 2.45) is 22.5 Å². The van der Waals surface area contributed by atoms with Gasteiger partial charge in [0.25, 0.3) is 0 Å². The Morgan fingerprint density at radius 3 is 2.57 bits per heavy atom. The minimum absolute atomic E-state index is 0.302. The third-order valence-electron chi connectivity index (χ3n) is 5.30. The van der Waals surface area contributed by atoms with Crippen LogP contribution in [0, 0.1) is 5.82 Å². The summed E-state index contributed by atoms with van der Waals surface area (Å²) in [6, 6.07) is 16.2. The van der Waals surface area contributed by atoms with E-state index in [0.717, 1.165) is 22.9 Å². The molecule has 154 valence electrons. The Balaban J connectivity index is 1.41. The maximum absolute atomic E-state index is 13.3. The lowest BCUT2D eigenvalue weighted by Crippen LogP contribution is -2.30. The van der Waals surface area contributed by atoms with E-state index in [1.807, 2.05) is 67.0 Å². The molecule has 0 bridgehead atoms. The molecule has 1 unspecified atom stereocenters. The SMILES string of the molecule is CN(c1ccccc1)c1ncc(CCOC2=NN=NC2(C)c2ccc(F)cc2)n1C. The number of para-hydroxylation sites is 1. The fourth-order valence-corrected chi connectivity index (χ4v) is 3.41. The summed E-state index contributed by atoms with van der Waals surface area (Å²) in [5, 5.41) is 12.0. The predicted molar refractivity (Wildman–Crippen MR) is 113 cm³/mol. The lowest BCUT2D eigenvalue weighted by molar-refractivity contribution is 0.280. The first kappa shape index (κ1) is 19.8. The van der Waals surface area contributed by atoms with Crippen molar-refractivity contribution in [1.82, 2.24) is 9.55 Å². The average Bonchev–Trinajstić information content (AvgIpc) is 3.32. The zero-order valence-electron chi connectivity index (χ0n) is 17.2. The number of hydrogen-bond acceptors (Lipinski definition) is 6. The van der Waals surface area contributed by atoms with E-state index in [1.165, 1.54) is 12.1 Å². The molecule has 0 N–H and O–H groups in total. The summed E-state index contributed by atoms with van der Waals surface area (Å²) in [6.45, 7) is 2.25. The highest BCUT2D eigenvalue weighted by Gasteiger charge is 2.38. The molecule has 1 aromatic heterocycles. The lowest BCUT2D eigenvalue weighted by atomic mass is 9.93. The Morgan fingerprint density at radius 2 is 1.83 bits per heavy atom. The predicted octanol–water partition coefficient (Wildman–Crippen LogP) is 4.58. The van der Waals surface area contributed by atoms with Gasteiger partial charge in [-0.25, -0.2) is 9.37 Å². The van der Waals surface area contributed by atoms with Crippen molar-refractivity contribution in [2.75, 3.05) is 18.6 Å². The molecule has 1 atom stereocenters. The molecule has 2 heterocycles. The Morgan fingerprint density at radius 1 is 1.10 bits per heavy atom. The van der Waals surface area contributed by atoms with Crippen LogP contribution in [-0.4, -0.2) is 29.1 Å². The fourth-order valence-electron chi connectivity index (χ4n) is 3.41. The van der Waals surface area contributed by atoms with Gasteiger partial charge in [-0.05, 0) is 42.0 Å². The van der Waals surface area contributed by atoms with Crippen LogP contribution in [0.25, 0.3) is 0 Å². The second-order valence-corrected chi connectivity index (χ2v) is 7.28. The lowest BCUT2D eigenvalue weighted by Gasteiger charge is -2.22. The van der Waals surface area contributed by atoms with Gasteiger partial charge in [0.1, 0.15) is 5.82 Å². The van der Waals surface area contributed by atoms with Crippen molar-refractivity contribution in [2.45, 2.75) is 18.9 Å². The number of ether oxygens (including phenoxy) is 1. The zero-order chi connectivity index (χ0) is 21.1. The van der Waals surface area contributed by atoms with Crippen LogP contribution in [0.1, 0.15) is 18.2 Å². The molecule has 2 aromatic carbocycles. The molecule has 8 heteroatoms. The number of aromatic nitrogens is 2. The minimum Gasteiger partial charge on any atom is -0.477 e. The largest absolute Gasteiger partial charge is 0.477 e. The van der Waals surface area contributed by atoms with Crippen LogP contribution < -0.4 is 4.90 Å². The molecule has 1 aliphatic heterocycles. The summed E-state index contributed by atoms with van der Waals surface area (Å²) in [5.74, 6) is 0.942. The van der Waals surface area contributed by atoms with Crippen molar-refractivity contribution in [3.05, 3.63) is 77.9 Å². The molecule has 4 rings (SSSR count). The van der Waals surface area contributed by atoms with Crippen LogP contribution in [0.2, 0.25) is 0 Å². The smallest absolute Gasteiger partial charge is 0.245 e. The van der Waals surface area contributed by atoms with E-state index in [-0.39, 0.29) is 5.82 Å². The van der Waals surface area contributed by atoms with Gasteiger partial charge in [0.15, 0.2) is 5.54 Å². The zero-order valence-corrected chi connectivity index (χ0v) is 17.2. The quantitative estimate of drug-likeness (QED) is 0.602. The molecule has 1 aliphatic rings. The van der Waals surface area contributed by atoms with Crippen LogP contribution in [0.4, 0.5) is 16.0 Å². The molecule has 0 radical (unpaired) electrons. The first-order chi connectivity index (χ1) is 14.5. The summed E-state index contributed by atoms with van der Waals surface area (Å²) < 4.78 is 21.2. The second kappa shape index (κ2) is 8.06. The van der Waals surface area contributed by atoms with E-state index < -0.39 is 5.54 Å². The van der Waals surface area contributed by atoms with Crippen molar-refractivity contribution in [1.29, 1.82) is 0 Å². The third kappa shape index (κ3) is 3.68. The van der Waals surface area contributed by atoms with Gasteiger partial charge >= 0.3 is 0 Å². The number of halogens is 1. The van der Waals surface area contributed by atoms with Crippen molar-refractivity contribution >= 4 is 17.5 Å². The summed E-state index contributed by atoms with van der Waals surface area (Å²) >= 11 is 0. The Labute approximate surface area is 174 Å². The highest BCUT2D eigenvalue weighted by molar-refractivity contribution is 5.88. The number of hydrogen-bond donors (Lipinski definition) is 0. The van der Waals surface area contributed by atoms with Crippen molar-refractivity contribution in [3.63, 3.8) is 0 Å². The summed E-state index contributed by atoms with van der Waals surface area (Å²) in [4.78, 5) is 6.59. The van der Waals surface area contributed by atoms with Gasteiger partial charge in [-0.1, -0.05) is 35.4 Å². The monoisotopic (exact) mass is 406 g/mol. The molecule has 30 heavy (non-hydrogen) atoms. The van der Waals surface area contributed by atoms with Crippen LogP contribution in [0.5, 0.6) is 0 Å². The average molecular weight is 406 g/mol. The molecular formula is C22H23FN6O. The van der Waals surface area contributed by atoms with E-state index >= 15 is 0 Å². The molecule has 3 aromatic rings. The van der Waals surface area contributed by atoms with Crippen molar-refractivity contribution in [3.8, 4) is 0 Å². The molecule has 0 fully saturated rings. The van der Waals surface area contributed by atoms with Crippen LogP contribution in [-0.2, 0) is 23.7 Å². The fraction of sp³-hybridized carbons (Fsp3) is 0.273. The van der Waals surface area contributed by atoms with E-state index in [9.17, 15) is 4.39 Å². The van der Waals surface area contributed by atoms with Gasteiger partial charge in [0.05, 0.1) is 12.8 Å². The van der Waals surface area contributed by atoms with Crippen LogP contribution in [0.15, 0.2) is 76.2 Å². The standard InChI is InChI=1S/C22H23FN6O/c1-22(16-9-11-17(23)12-10-16)20(25-27-26-22)30-14-13-19-15-24-21(29(19)3)28(2)18-7-5-4-6-8-18/h4-12,15H,13-14H2,1-3H3. The van der Waals surface area contributed by atoms with Crippen LogP contribution in [0.3, 0.4) is 0 Å².